The normalized spacial score (nSPS) is 14.3. The zero-order valence-corrected chi connectivity index (χ0v) is 18.0. The minimum absolute atomic E-state index is 0.178. The van der Waals surface area contributed by atoms with E-state index in [1.807, 2.05) is 55.4 Å². The Morgan fingerprint density at radius 2 is 1.68 bits per heavy atom. The lowest BCUT2D eigenvalue weighted by atomic mass is 10.2. The molecule has 0 atom stereocenters. The summed E-state index contributed by atoms with van der Waals surface area (Å²) in [5.41, 5.74) is 2.98. The van der Waals surface area contributed by atoms with Gasteiger partial charge in [0, 0.05) is 64.1 Å². The van der Waals surface area contributed by atoms with E-state index in [1.54, 1.807) is 0 Å². The lowest BCUT2D eigenvalue weighted by Gasteiger charge is -2.35. The molecule has 3 aromatic rings. The maximum absolute atomic E-state index is 12.6. The number of carbonyl (C=O) groups is 1. The summed E-state index contributed by atoms with van der Waals surface area (Å²) in [7, 11) is 3.94. The molecule has 0 saturated carbocycles. The van der Waals surface area contributed by atoms with Gasteiger partial charge < -0.3 is 15.1 Å². The second-order valence-electron chi connectivity index (χ2n) is 7.91. The number of amides is 1. The van der Waals surface area contributed by atoms with E-state index in [4.69, 9.17) is 0 Å². The van der Waals surface area contributed by atoms with Crippen LogP contribution < -0.4 is 15.1 Å². The van der Waals surface area contributed by atoms with Crippen molar-refractivity contribution in [2.45, 2.75) is 6.54 Å². The van der Waals surface area contributed by atoms with Crippen molar-refractivity contribution in [2.75, 3.05) is 55.4 Å². The Morgan fingerprint density at radius 3 is 2.35 bits per heavy atom. The molecule has 1 aliphatic rings. The number of hydrogen-bond acceptors (Lipinski definition) is 6. The Morgan fingerprint density at radius 1 is 0.968 bits per heavy atom. The Hall–Kier alpha value is -3.45. The topological polar surface area (TPSA) is 64.6 Å². The number of rotatable bonds is 6. The Bertz CT molecular complexity index is 998. The van der Waals surface area contributed by atoms with Gasteiger partial charge in [0.2, 0.25) is 0 Å². The molecule has 0 aliphatic carbocycles. The Balaban J connectivity index is 1.34. The van der Waals surface area contributed by atoms with E-state index in [1.165, 1.54) is 11.9 Å². The maximum Gasteiger partial charge on any atom is 0.256 e. The SMILES string of the molecule is CN(C)c1ccc(C(=O)Nc2cc(N3CCN(Cc4ccccc4)CC3)ncn2)cc1. The fourth-order valence-corrected chi connectivity index (χ4v) is 3.66. The van der Waals surface area contributed by atoms with Crippen LogP contribution in [0.3, 0.4) is 0 Å². The van der Waals surface area contributed by atoms with Gasteiger partial charge >= 0.3 is 0 Å². The molecule has 4 rings (SSSR count). The van der Waals surface area contributed by atoms with E-state index in [0.29, 0.717) is 11.4 Å². The van der Waals surface area contributed by atoms with E-state index in [-0.39, 0.29) is 5.91 Å². The summed E-state index contributed by atoms with van der Waals surface area (Å²) >= 11 is 0. The van der Waals surface area contributed by atoms with Gasteiger partial charge in [0.25, 0.3) is 5.91 Å². The minimum atomic E-state index is -0.178. The fraction of sp³-hybridized carbons (Fsp3) is 0.292. The van der Waals surface area contributed by atoms with Crippen LogP contribution >= 0.6 is 0 Å². The number of aromatic nitrogens is 2. The lowest BCUT2D eigenvalue weighted by Crippen LogP contribution is -2.46. The first-order valence-corrected chi connectivity index (χ1v) is 10.5. The van der Waals surface area contributed by atoms with E-state index >= 15 is 0 Å². The first kappa shape index (κ1) is 20.8. The number of hydrogen-bond donors (Lipinski definition) is 1. The summed E-state index contributed by atoms with van der Waals surface area (Å²) < 4.78 is 0. The van der Waals surface area contributed by atoms with Gasteiger partial charge in [0.05, 0.1) is 0 Å². The van der Waals surface area contributed by atoms with Gasteiger partial charge in [0.1, 0.15) is 18.0 Å². The van der Waals surface area contributed by atoms with Gasteiger partial charge in [0.15, 0.2) is 0 Å². The molecular formula is C24H28N6O. The maximum atomic E-state index is 12.6. The monoisotopic (exact) mass is 416 g/mol. The smallest absolute Gasteiger partial charge is 0.256 e. The highest BCUT2D eigenvalue weighted by molar-refractivity contribution is 6.04. The quantitative estimate of drug-likeness (QED) is 0.666. The molecule has 1 aliphatic heterocycles. The van der Waals surface area contributed by atoms with Gasteiger partial charge in [-0.2, -0.15) is 0 Å². The summed E-state index contributed by atoms with van der Waals surface area (Å²) in [6.45, 7) is 4.69. The molecule has 1 saturated heterocycles. The van der Waals surface area contributed by atoms with Crippen LogP contribution in [-0.2, 0) is 6.54 Å². The van der Waals surface area contributed by atoms with Crippen LogP contribution in [-0.4, -0.2) is 61.0 Å². The molecule has 0 spiro atoms. The van der Waals surface area contributed by atoms with E-state index < -0.39 is 0 Å². The molecule has 0 radical (unpaired) electrons. The highest BCUT2D eigenvalue weighted by atomic mass is 16.1. The van der Waals surface area contributed by atoms with Crippen molar-refractivity contribution in [1.82, 2.24) is 14.9 Å². The molecule has 1 N–H and O–H groups in total. The van der Waals surface area contributed by atoms with Gasteiger partial charge in [-0.3, -0.25) is 9.69 Å². The lowest BCUT2D eigenvalue weighted by molar-refractivity contribution is 0.102. The zero-order chi connectivity index (χ0) is 21.6. The molecule has 0 unspecified atom stereocenters. The van der Waals surface area contributed by atoms with Gasteiger partial charge in [-0.1, -0.05) is 30.3 Å². The van der Waals surface area contributed by atoms with Crippen molar-refractivity contribution < 1.29 is 4.79 Å². The number of benzene rings is 2. The molecule has 2 heterocycles. The average Bonchev–Trinajstić information content (AvgIpc) is 2.80. The van der Waals surface area contributed by atoms with Crippen molar-refractivity contribution in [3.05, 3.63) is 78.1 Å². The predicted molar refractivity (Wildman–Crippen MR) is 125 cm³/mol. The van der Waals surface area contributed by atoms with Crippen LogP contribution in [0, 0.1) is 0 Å². The molecule has 2 aromatic carbocycles. The first-order chi connectivity index (χ1) is 15.1. The number of carbonyl (C=O) groups excluding carboxylic acids is 1. The number of nitrogens with one attached hydrogen (secondary N) is 1. The summed E-state index contributed by atoms with van der Waals surface area (Å²) in [6.07, 6.45) is 1.51. The number of nitrogens with zero attached hydrogens (tertiary/aromatic N) is 5. The van der Waals surface area contributed by atoms with Gasteiger partial charge in [-0.25, -0.2) is 9.97 Å². The molecule has 7 nitrogen and oxygen atoms in total. The zero-order valence-electron chi connectivity index (χ0n) is 18.0. The van der Waals surface area contributed by atoms with Crippen LogP contribution in [0.1, 0.15) is 15.9 Å². The largest absolute Gasteiger partial charge is 0.378 e. The van der Waals surface area contributed by atoms with Crippen molar-refractivity contribution in [2.24, 2.45) is 0 Å². The molecule has 1 fully saturated rings. The molecule has 0 bridgehead atoms. The van der Waals surface area contributed by atoms with Crippen LogP contribution in [0.25, 0.3) is 0 Å². The molecule has 7 heteroatoms. The van der Waals surface area contributed by atoms with E-state index in [2.05, 4.69) is 49.4 Å². The fourth-order valence-electron chi connectivity index (χ4n) is 3.66. The van der Waals surface area contributed by atoms with Crippen LogP contribution in [0.2, 0.25) is 0 Å². The first-order valence-electron chi connectivity index (χ1n) is 10.5. The third-order valence-corrected chi connectivity index (χ3v) is 5.49. The second kappa shape index (κ2) is 9.57. The third kappa shape index (κ3) is 5.38. The summed E-state index contributed by atoms with van der Waals surface area (Å²) in [5.74, 6) is 1.17. The van der Waals surface area contributed by atoms with E-state index in [0.717, 1.165) is 44.2 Å². The highest BCUT2D eigenvalue weighted by Crippen LogP contribution is 2.18. The molecule has 1 aromatic heterocycles. The van der Waals surface area contributed by atoms with Gasteiger partial charge in [-0.15, -0.1) is 0 Å². The molecular weight excluding hydrogens is 388 g/mol. The minimum Gasteiger partial charge on any atom is -0.378 e. The molecule has 1 amide bonds. The van der Waals surface area contributed by atoms with Crippen molar-refractivity contribution in [1.29, 1.82) is 0 Å². The third-order valence-electron chi connectivity index (χ3n) is 5.49. The molecule has 31 heavy (non-hydrogen) atoms. The number of anilines is 3. The van der Waals surface area contributed by atoms with Crippen molar-refractivity contribution >= 4 is 23.2 Å². The van der Waals surface area contributed by atoms with Crippen molar-refractivity contribution in [3.63, 3.8) is 0 Å². The molecule has 160 valence electrons. The summed E-state index contributed by atoms with van der Waals surface area (Å²) in [4.78, 5) is 27.9. The van der Waals surface area contributed by atoms with E-state index in [9.17, 15) is 4.79 Å². The predicted octanol–water partition coefficient (Wildman–Crippen LogP) is 3.12. The number of piperazine rings is 1. The van der Waals surface area contributed by atoms with Crippen molar-refractivity contribution in [3.8, 4) is 0 Å². The Kier molecular flexibility index (Phi) is 6.43. The highest BCUT2D eigenvalue weighted by Gasteiger charge is 2.19. The second-order valence-corrected chi connectivity index (χ2v) is 7.91. The Labute approximate surface area is 183 Å². The summed E-state index contributed by atoms with van der Waals surface area (Å²) in [6, 6.07) is 19.9. The van der Waals surface area contributed by atoms with Crippen LogP contribution in [0.4, 0.5) is 17.3 Å². The van der Waals surface area contributed by atoms with Crippen LogP contribution in [0.5, 0.6) is 0 Å². The van der Waals surface area contributed by atoms with Gasteiger partial charge in [-0.05, 0) is 29.8 Å². The standard InChI is InChI=1S/C24H28N6O/c1-28(2)21-10-8-20(9-11-21)24(31)27-22-16-23(26-18-25-22)30-14-12-29(13-15-30)17-19-6-4-3-5-7-19/h3-11,16,18H,12-15,17H2,1-2H3,(H,25,26,27,31). The summed E-state index contributed by atoms with van der Waals surface area (Å²) in [5, 5.41) is 2.89. The average molecular weight is 417 g/mol. The van der Waals surface area contributed by atoms with Crippen LogP contribution in [0.15, 0.2) is 67.0 Å².